The summed E-state index contributed by atoms with van der Waals surface area (Å²) in [4.78, 5) is 8.89. The molecule has 4 heteroatoms. The highest BCUT2D eigenvalue weighted by molar-refractivity contribution is 14.1. The number of hydrogen-bond acceptors (Lipinski definition) is 3. The number of halogens is 1. The van der Waals surface area contributed by atoms with Gasteiger partial charge < -0.3 is 5.73 Å². The van der Waals surface area contributed by atoms with Crippen LogP contribution in [0.3, 0.4) is 0 Å². The minimum absolute atomic E-state index is 0.0239. The van der Waals surface area contributed by atoms with Crippen molar-refractivity contribution < 1.29 is 0 Å². The van der Waals surface area contributed by atoms with Gasteiger partial charge in [-0.15, -0.1) is 0 Å². The number of hydrogen-bond donors (Lipinski definition) is 1. The number of nitrogen functional groups attached to an aromatic ring is 1. The van der Waals surface area contributed by atoms with Gasteiger partial charge in [-0.3, -0.25) is 0 Å². The van der Waals surface area contributed by atoms with Crippen LogP contribution in [0.25, 0.3) is 0 Å². The van der Waals surface area contributed by atoms with E-state index in [4.69, 9.17) is 5.73 Å². The summed E-state index contributed by atoms with van der Waals surface area (Å²) < 4.78 is 0.986. The van der Waals surface area contributed by atoms with Crippen molar-refractivity contribution in [3.8, 4) is 0 Å². The van der Waals surface area contributed by atoms with E-state index in [1.807, 2.05) is 0 Å². The van der Waals surface area contributed by atoms with Gasteiger partial charge in [0.2, 0.25) is 0 Å². The fourth-order valence-corrected chi connectivity index (χ4v) is 2.40. The SMILES string of the molecule is CCCc1nc(N)c(I)c(C(C)(C)C)n1. The maximum Gasteiger partial charge on any atom is 0.140 e. The Morgan fingerprint density at radius 2 is 1.87 bits per heavy atom. The van der Waals surface area contributed by atoms with E-state index < -0.39 is 0 Å². The number of anilines is 1. The first kappa shape index (κ1) is 12.7. The van der Waals surface area contributed by atoms with Crippen molar-refractivity contribution in [2.75, 3.05) is 5.73 Å². The van der Waals surface area contributed by atoms with Crippen LogP contribution >= 0.6 is 22.6 Å². The van der Waals surface area contributed by atoms with Crippen LogP contribution in [0.15, 0.2) is 0 Å². The van der Waals surface area contributed by atoms with Crippen molar-refractivity contribution in [3.05, 3.63) is 15.1 Å². The third-order valence-electron chi connectivity index (χ3n) is 2.11. The molecule has 1 heterocycles. The summed E-state index contributed by atoms with van der Waals surface area (Å²) in [5, 5.41) is 0. The highest BCUT2D eigenvalue weighted by Crippen LogP contribution is 2.28. The van der Waals surface area contributed by atoms with E-state index in [2.05, 4.69) is 60.3 Å². The number of nitrogens with zero attached hydrogens (tertiary/aromatic N) is 2. The highest BCUT2D eigenvalue weighted by atomic mass is 127. The molecule has 0 unspecified atom stereocenters. The molecule has 0 saturated carbocycles. The average Bonchev–Trinajstić information content (AvgIpc) is 2.09. The first-order valence-electron chi connectivity index (χ1n) is 5.18. The molecular weight excluding hydrogens is 301 g/mol. The maximum absolute atomic E-state index is 5.89. The molecule has 0 saturated heterocycles. The van der Waals surface area contributed by atoms with Gasteiger partial charge in [0.05, 0.1) is 9.26 Å². The van der Waals surface area contributed by atoms with Crippen molar-refractivity contribution in [1.29, 1.82) is 0 Å². The van der Waals surface area contributed by atoms with Crippen LogP contribution < -0.4 is 5.73 Å². The van der Waals surface area contributed by atoms with Crippen LogP contribution in [0.2, 0.25) is 0 Å². The molecule has 0 bridgehead atoms. The molecule has 0 aliphatic heterocycles. The lowest BCUT2D eigenvalue weighted by Gasteiger charge is -2.20. The first-order chi connectivity index (χ1) is 6.86. The summed E-state index contributed by atoms with van der Waals surface area (Å²) in [7, 11) is 0. The molecule has 1 rings (SSSR count). The second-order valence-electron chi connectivity index (χ2n) is 4.69. The second kappa shape index (κ2) is 4.63. The predicted octanol–water partition coefficient (Wildman–Crippen LogP) is 2.91. The minimum Gasteiger partial charge on any atom is -0.383 e. The van der Waals surface area contributed by atoms with Gasteiger partial charge in [-0.1, -0.05) is 27.7 Å². The molecule has 0 fully saturated rings. The molecule has 2 N–H and O–H groups in total. The monoisotopic (exact) mass is 319 g/mol. The molecular formula is C11H18IN3. The molecule has 0 aromatic carbocycles. The van der Waals surface area contributed by atoms with Crippen molar-refractivity contribution in [1.82, 2.24) is 9.97 Å². The van der Waals surface area contributed by atoms with E-state index >= 15 is 0 Å². The quantitative estimate of drug-likeness (QED) is 0.853. The smallest absolute Gasteiger partial charge is 0.140 e. The molecule has 84 valence electrons. The van der Waals surface area contributed by atoms with Gasteiger partial charge in [-0.25, -0.2) is 9.97 Å². The number of aryl methyl sites for hydroxylation is 1. The van der Waals surface area contributed by atoms with E-state index in [0.717, 1.165) is 27.9 Å². The summed E-state index contributed by atoms with van der Waals surface area (Å²) in [5.74, 6) is 1.47. The van der Waals surface area contributed by atoms with E-state index in [9.17, 15) is 0 Å². The second-order valence-corrected chi connectivity index (χ2v) is 5.77. The van der Waals surface area contributed by atoms with Crippen LogP contribution in [-0.4, -0.2) is 9.97 Å². The topological polar surface area (TPSA) is 51.8 Å². The van der Waals surface area contributed by atoms with Crippen LogP contribution in [0.1, 0.15) is 45.6 Å². The van der Waals surface area contributed by atoms with E-state index in [1.54, 1.807) is 0 Å². The van der Waals surface area contributed by atoms with Crippen LogP contribution in [0.5, 0.6) is 0 Å². The Labute approximate surface area is 105 Å². The fourth-order valence-electron chi connectivity index (χ4n) is 1.34. The van der Waals surface area contributed by atoms with Crippen LogP contribution in [0.4, 0.5) is 5.82 Å². The predicted molar refractivity (Wildman–Crippen MR) is 71.9 cm³/mol. The Morgan fingerprint density at radius 3 is 2.33 bits per heavy atom. The fraction of sp³-hybridized carbons (Fsp3) is 0.636. The third kappa shape index (κ3) is 3.03. The average molecular weight is 319 g/mol. The minimum atomic E-state index is 0.0239. The molecule has 0 radical (unpaired) electrons. The first-order valence-corrected chi connectivity index (χ1v) is 6.26. The molecule has 0 atom stereocenters. The van der Waals surface area contributed by atoms with Gasteiger partial charge in [0, 0.05) is 11.8 Å². The van der Waals surface area contributed by atoms with Crippen molar-refractivity contribution >= 4 is 28.4 Å². The lowest BCUT2D eigenvalue weighted by Crippen LogP contribution is -2.19. The summed E-state index contributed by atoms with van der Waals surface area (Å²) in [6.45, 7) is 8.56. The lowest BCUT2D eigenvalue weighted by atomic mass is 9.92. The summed E-state index contributed by atoms with van der Waals surface area (Å²) in [6.07, 6.45) is 1.94. The molecule has 0 spiro atoms. The van der Waals surface area contributed by atoms with Crippen molar-refractivity contribution in [3.63, 3.8) is 0 Å². The summed E-state index contributed by atoms with van der Waals surface area (Å²) in [5.41, 5.74) is 6.97. The maximum atomic E-state index is 5.89. The standard InChI is InChI=1S/C11H18IN3/c1-5-6-7-14-9(11(2,3)4)8(12)10(13)15-7/h5-6H2,1-4H3,(H2,13,14,15). The van der Waals surface area contributed by atoms with Crippen LogP contribution in [-0.2, 0) is 11.8 Å². The molecule has 0 aliphatic rings. The molecule has 1 aromatic heterocycles. The van der Waals surface area contributed by atoms with Crippen molar-refractivity contribution in [2.45, 2.75) is 46.0 Å². The number of nitrogens with two attached hydrogens (primary N) is 1. The van der Waals surface area contributed by atoms with E-state index in [1.165, 1.54) is 0 Å². The Morgan fingerprint density at radius 1 is 1.27 bits per heavy atom. The summed E-state index contributed by atoms with van der Waals surface area (Å²) >= 11 is 2.23. The Bertz CT molecular complexity index is 356. The van der Waals surface area contributed by atoms with Gasteiger partial charge in [0.15, 0.2) is 0 Å². The Kier molecular flexibility index (Phi) is 3.92. The normalized spacial score (nSPS) is 11.8. The lowest BCUT2D eigenvalue weighted by molar-refractivity contribution is 0.557. The van der Waals surface area contributed by atoms with E-state index in [0.29, 0.717) is 5.82 Å². The third-order valence-corrected chi connectivity index (χ3v) is 3.17. The zero-order valence-electron chi connectivity index (χ0n) is 9.76. The molecule has 1 aromatic rings. The van der Waals surface area contributed by atoms with Gasteiger partial charge in [0.1, 0.15) is 11.6 Å². The van der Waals surface area contributed by atoms with E-state index in [-0.39, 0.29) is 5.41 Å². The number of aromatic nitrogens is 2. The zero-order chi connectivity index (χ0) is 11.6. The molecule has 15 heavy (non-hydrogen) atoms. The molecule has 0 amide bonds. The molecule has 3 nitrogen and oxygen atoms in total. The van der Waals surface area contributed by atoms with Gasteiger partial charge in [-0.2, -0.15) is 0 Å². The van der Waals surface area contributed by atoms with Gasteiger partial charge >= 0.3 is 0 Å². The highest BCUT2D eigenvalue weighted by Gasteiger charge is 2.21. The van der Waals surface area contributed by atoms with Gasteiger partial charge in [0.25, 0.3) is 0 Å². The van der Waals surface area contributed by atoms with Crippen LogP contribution in [0, 0.1) is 3.57 Å². The van der Waals surface area contributed by atoms with Gasteiger partial charge in [-0.05, 0) is 29.0 Å². The largest absolute Gasteiger partial charge is 0.383 e. The Hall–Kier alpha value is -0.390. The zero-order valence-corrected chi connectivity index (χ0v) is 11.9. The van der Waals surface area contributed by atoms with Crippen molar-refractivity contribution in [2.24, 2.45) is 0 Å². The number of rotatable bonds is 2. The molecule has 0 aliphatic carbocycles. The Balaban J connectivity index is 3.25. The summed E-state index contributed by atoms with van der Waals surface area (Å²) in [6, 6.07) is 0.